The van der Waals surface area contributed by atoms with E-state index < -0.39 is 54.3 Å². The third-order valence-electron chi connectivity index (χ3n) is 8.16. The number of nitrogens with two attached hydrogens (primary N) is 3. The summed E-state index contributed by atoms with van der Waals surface area (Å²) in [5.74, 6) is -0.359. The number of nitrogens with one attached hydrogen (secondary N) is 17. The van der Waals surface area contributed by atoms with Gasteiger partial charge in [0.25, 0.3) is 0 Å². The fraction of sp³-hybridized carbons (Fsp3) is 0.727. The Balaban J connectivity index is 5.17. The second kappa shape index (κ2) is 32.9. The Bertz CT molecular complexity index is 1360. The molecule has 11 amide bonds. The normalized spacial score (nSPS) is 12.9. The highest BCUT2D eigenvalue weighted by Crippen LogP contribution is 2.00. The Labute approximate surface area is 356 Å². The highest BCUT2D eigenvalue weighted by molar-refractivity contribution is 7.80. The third kappa shape index (κ3) is 32.0. The molecule has 0 saturated carbocycles. The van der Waals surface area contributed by atoms with Crippen molar-refractivity contribution in [3.8, 4) is 0 Å². The molecule has 0 rings (SSSR count). The van der Waals surface area contributed by atoms with Gasteiger partial charge in [-0.05, 0) is 58.1 Å². The van der Waals surface area contributed by atoms with Crippen molar-refractivity contribution in [2.24, 2.45) is 17.2 Å². The van der Waals surface area contributed by atoms with Crippen molar-refractivity contribution in [1.29, 1.82) is 16.2 Å². The quantitative estimate of drug-likeness (QED) is 0.0149. The molecule has 5 atom stereocenters. The number of rotatable bonds is 29. The lowest BCUT2D eigenvalue weighted by Gasteiger charge is -2.23. The number of guanidine groups is 3. The van der Waals surface area contributed by atoms with E-state index in [2.05, 4.69) is 87.1 Å². The van der Waals surface area contributed by atoms with E-state index in [4.69, 9.17) is 33.4 Å². The van der Waals surface area contributed by atoms with Gasteiger partial charge in [0.1, 0.15) is 0 Å². The highest BCUT2D eigenvalue weighted by Gasteiger charge is 2.19. The van der Waals surface area contributed by atoms with Crippen molar-refractivity contribution >= 4 is 66.6 Å². The molecule has 0 aliphatic carbocycles. The van der Waals surface area contributed by atoms with Crippen molar-refractivity contribution in [2.45, 2.75) is 89.0 Å². The molecule has 0 saturated heterocycles. The van der Waals surface area contributed by atoms with E-state index in [1.165, 1.54) is 7.05 Å². The van der Waals surface area contributed by atoms with Gasteiger partial charge in [-0.25, -0.2) is 24.0 Å². The van der Waals surface area contributed by atoms with Gasteiger partial charge in [-0.1, -0.05) is 0 Å². The second-order valence-corrected chi connectivity index (χ2v) is 14.2. The molecule has 23 N–H and O–H groups in total. The van der Waals surface area contributed by atoms with Crippen LogP contribution in [0.25, 0.3) is 0 Å². The van der Waals surface area contributed by atoms with E-state index in [1.54, 1.807) is 13.8 Å². The first-order valence-corrected chi connectivity index (χ1v) is 20.3. The smallest absolute Gasteiger partial charge is 0.315 e. The van der Waals surface area contributed by atoms with Gasteiger partial charge in [-0.15, -0.1) is 0 Å². The van der Waals surface area contributed by atoms with Crippen LogP contribution >= 0.6 is 12.6 Å². The zero-order chi connectivity index (χ0) is 45.3. The average Bonchev–Trinajstić information content (AvgIpc) is 3.17. The molecule has 0 aliphatic heterocycles. The summed E-state index contributed by atoms with van der Waals surface area (Å²) in [5.41, 5.74) is 16.0. The first kappa shape index (κ1) is 54.0. The average molecular weight is 875 g/mol. The van der Waals surface area contributed by atoms with Crippen LogP contribution in [0.3, 0.4) is 0 Å². The molecule has 0 fully saturated rings. The number of carbonyl (C=O) groups excluding carboxylic acids is 6. The maximum absolute atomic E-state index is 12.9. The van der Waals surface area contributed by atoms with E-state index in [-0.39, 0.29) is 69.0 Å². The molecule has 27 heteroatoms. The van der Waals surface area contributed by atoms with Gasteiger partial charge in [-0.2, -0.15) is 12.6 Å². The zero-order valence-corrected chi connectivity index (χ0v) is 35.7. The Kier molecular flexibility index (Phi) is 29.6. The minimum absolute atomic E-state index is 0.0288. The van der Waals surface area contributed by atoms with E-state index in [0.717, 1.165) is 0 Å². The van der Waals surface area contributed by atoms with Gasteiger partial charge in [0.2, 0.25) is 5.91 Å². The van der Waals surface area contributed by atoms with E-state index in [0.29, 0.717) is 63.9 Å². The number of carbonyl (C=O) groups is 6. The summed E-state index contributed by atoms with van der Waals surface area (Å²) in [4.78, 5) is 74.7. The number of hydrogen-bond acceptors (Lipinski definition) is 10. The molecule has 0 spiro atoms. The molecule has 0 aromatic carbocycles. The summed E-state index contributed by atoms with van der Waals surface area (Å²) >= 11 is 4.03. The highest BCUT2D eigenvalue weighted by atomic mass is 32.1. The van der Waals surface area contributed by atoms with Crippen LogP contribution in [0.4, 0.5) is 24.0 Å². The first-order chi connectivity index (χ1) is 28.4. The van der Waals surface area contributed by atoms with Crippen molar-refractivity contribution in [3.05, 3.63) is 0 Å². The molecule has 26 nitrogen and oxygen atoms in total. The molecule has 0 aromatic rings. The predicted octanol–water partition coefficient (Wildman–Crippen LogP) is -3.78. The molecule has 0 radical (unpaired) electrons. The fourth-order valence-corrected chi connectivity index (χ4v) is 5.36. The topological polar surface area (TPSA) is 420 Å². The summed E-state index contributed by atoms with van der Waals surface area (Å²) in [5, 5.41) is 59.9. The number of urea groups is 5. The Morgan fingerprint density at radius 1 is 0.483 bits per heavy atom. The van der Waals surface area contributed by atoms with Gasteiger partial charge in [0.05, 0.1) is 0 Å². The predicted molar refractivity (Wildman–Crippen MR) is 233 cm³/mol. The lowest BCUT2D eigenvalue weighted by Crippen LogP contribution is -2.54. The molecule has 344 valence electrons. The maximum Gasteiger partial charge on any atom is 0.315 e. The second-order valence-electron chi connectivity index (χ2n) is 13.8. The summed E-state index contributed by atoms with van der Waals surface area (Å²) < 4.78 is 0. The van der Waals surface area contributed by atoms with Crippen molar-refractivity contribution in [1.82, 2.24) is 74.4 Å². The first-order valence-electron chi connectivity index (χ1n) is 19.7. The van der Waals surface area contributed by atoms with Gasteiger partial charge in [0, 0.05) is 96.0 Å². The maximum atomic E-state index is 12.9. The van der Waals surface area contributed by atoms with Gasteiger partial charge >= 0.3 is 30.2 Å². The number of thiol groups is 1. The molecule has 0 unspecified atom stereocenters. The summed E-state index contributed by atoms with van der Waals surface area (Å²) in [6.45, 7) is 4.96. The Hall–Kier alpha value is -6.02. The molecule has 60 heavy (non-hydrogen) atoms. The van der Waals surface area contributed by atoms with Crippen LogP contribution in [0.5, 0.6) is 0 Å². The summed E-state index contributed by atoms with van der Waals surface area (Å²) in [6.07, 6.45) is 3.09. The van der Waals surface area contributed by atoms with Crippen molar-refractivity contribution < 1.29 is 28.8 Å². The van der Waals surface area contributed by atoms with E-state index >= 15 is 0 Å². The molecule has 0 bridgehead atoms. The Morgan fingerprint density at radius 2 is 0.800 bits per heavy atom. The van der Waals surface area contributed by atoms with Gasteiger partial charge < -0.3 is 91.6 Å². The van der Waals surface area contributed by atoms with Crippen LogP contribution in [0.2, 0.25) is 0 Å². The Morgan fingerprint density at radius 3 is 1.13 bits per heavy atom. The minimum Gasteiger partial charge on any atom is -0.370 e. The molecule has 0 aromatic heterocycles. The van der Waals surface area contributed by atoms with E-state index in [9.17, 15) is 28.8 Å². The van der Waals surface area contributed by atoms with Crippen LogP contribution in [0, 0.1) is 16.2 Å². The number of hydrogen-bond donors (Lipinski definition) is 21. The standard InChI is InChI=1S/C33H70N20O6S/c1-20(49-25(54)10-14-60)15-44-31(57)51-23(8-5-12-42-27(36)37)18-47-30(56)50-21(2)16-45-32(58)52-24(9-6-13-43-28(38)39)19-48-33(59)53-22(17-46-29(55)40-3)7-4-11-41-26(34)35/h20-24,60H,4-19H2,1-3H3,(H,49,54)(H4,34,35,41)(H4,36,37,42)(H4,38,39,43)(H2,40,46,55)(H2,44,51,57)(H2,45,52,58)(H2,47,50,56)(H2,48,53,59)/t20-,21-,22-,23-,24-/m0/s1. The SMILES string of the molecule is CNC(=O)NC[C@H](CCCNC(=N)N)NC(=O)NC[C@H](CCCNC(=N)N)NC(=O)NC[C@H](C)NC(=O)NC[C@H](CCCNC(=N)N)NC(=O)NC[C@H](C)NC(=O)CCS. The summed E-state index contributed by atoms with van der Waals surface area (Å²) in [7, 11) is 1.47. The van der Waals surface area contributed by atoms with Gasteiger partial charge in [-0.3, -0.25) is 21.0 Å². The molecular weight excluding hydrogens is 805 g/mol. The van der Waals surface area contributed by atoms with Crippen LogP contribution in [-0.4, -0.2) is 149 Å². The lowest BCUT2D eigenvalue weighted by atomic mass is 10.1. The van der Waals surface area contributed by atoms with Crippen LogP contribution in [0.1, 0.15) is 58.8 Å². The molecule has 0 aliphatic rings. The monoisotopic (exact) mass is 875 g/mol. The van der Waals surface area contributed by atoms with E-state index in [1.807, 2.05) is 0 Å². The number of amides is 11. The van der Waals surface area contributed by atoms with Crippen LogP contribution in [-0.2, 0) is 4.79 Å². The fourth-order valence-electron chi connectivity index (χ4n) is 5.15. The minimum atomic E-state index is -0.563. The third-order valence-corrected chi connectivity index (χ3v) is 8.38. The lowest BCUT2D eigenvalue weighted by molar-refractivity contribution is -0.121. The molecule has 0 heterocycles. The van der Waals surface area contributed by atoms with Crippen LogP contribution < -0.4 is 91.6 Å². The summed E-state index contributed by atoms with van der Waals surface area (Å²) in [6, 6.07) is -4.95. The zero-order valence-electron chi connectivity index (χ0n) is 34.8. The molecular formula is C33H70N20O6S. The largest absolute Gasteiger partial charge is 0.370 e. The van der Waals surface area contributed by atoms with Crippen LogP contribution in [0.15, 0.2) is 0 Å². The van der Waals surface area contributed by atoms with Gasteiger partial charge in [0.15, 0.2) is 17.9 Å². The van der Waals surface area contributed by atoms with Crippen molar-refractivity contribution in [2.75, 3.05) is 65.2 Å². The van der Waals surface area contributed by atoms with Crippen molar-refractivity contribution in [3.63, 3.8) is 0 Å².